The maximum absolute atomic E-state index is 5.46. The first-order valence-electron chi connectivity index (χ1n) is 23.5. The second-order valence-corrected chi connectivity index (χ2v) is 17.8. The molecule has 9 aromatic carbocycles. The summed E-state index contributed by atoms with van der Waals surface area (Å²) in [5.41, 5.74) is 12.7. The maximum Gasteiger partial charge on any atom is 0.238 e. The zero-order chi connectivity index (χ0) is 45.9. The highest BCUT2D eigenvalue weighted by atomic mass is 15.2. The van der Waals surface area contributed by atoms with Gasteiger partial charge in [0.25, 0.3) is 0 Å². The van der Waals surface area contributed by atoms with Crippen LogP contribution in [0.1, 0.15) is 22.9 Å². The van der Waals surface area contributed by atoms with Crippen molar-refractivity contribution in [1.82, 2.24) is 43.6 Å². The standard InChI is InChI=1S/C61H37N9/c1-3-19-37(20-4-1)56-62-58(66-60(64-56)70-51-34-18-14-30-47(51)54-52(70)36-35-46-43-27-13-15-31-48(43)68(55(46)54)38-21-5-2-6-22-38)59-63-57(53-44-28-9-7-23-39(44)40-24-8-10-29-45(40)53)65-61(67-59)69-49-32-16-11-25-41(49)42-26-12-17-33-50(42)69/h1-36,53H. The van der Waals surface area contributed by atoms with Gasteiger partial charge in [0.1, 0.15) is 5.82 Å². The molecule has 5 aromatic heterocycles. The van der Waals surface area contributed by atoms with Crippen molar-refractivity contribution in [2.75, 3.05) is 0 Å². The first-order chi connectivity index (χ1) is 34.7. The van der Waals surface area contributed by atoms with Crippen molar-refractivity contribution in [3.63, 3.8) is 0 Å². The van der Waals surface area contributed by atoms with Crippen LogP contribution in [0.4, 0.5) is 0 Å². The van der Waals surface area contributed by atoms with E-state index in [-0.39, 0.29) is 5.92 Å². The first-order valence-corrected chi connectivity index (χ1v) is 23.5. The maximum atomic E-state index is 5.46. The van der Waals surface area contributed by atoms with Gasteiger partial charge in [-0.1, -0.05) is 176 Å². The zero-order valence-corrected chi connectivity index (χ0v) is 37.4. The molecule has 0 unspecified atom stereocenters. The van der Waals surface area contributed by atoms with Gasteiger partial charge in [-0.15, -0.1) is 0 Å². The molecule has 70 heavy (non-hydrogen) atoms. The van der Waals surface area contributed by atoms with E-state index in [2.05, 4.69) is 202 Å². The molecule has 0 N–H and O–H groups in total. The minimum atomic E-state index is -0.271. The summed E-state index contributed by atoms with van der Waals surface area (Å²) >= 11 is 0. The molecule has 15 rings (SSSR count). The number of rotatable bonds is 6. The van der Waals surface area contributed by atoms with Gasteiger partial charge in [-0.25, -0.2) is 9.97 Å². The van der Waals surface area contributed by atoms with E-state index in [1.54, 1.807) is 0 Å². The van der Waals surface area contributed by atoms with Crippen molar-refractivity contribution in [2.24, 2.45) is 0 Å². The van der Waals surface area contributed by atoms with E-state index in [0.29, 0.717) is 35.2 Å². The molecule has 1 aliphatic carbocycles. The number of fused-ring (bicyclic) bond motifs is 13. The summed E-state index contributed by atoms with van der Waals surface area (Å²) < 4.78 is 6.71. The molecule has 326 valence electrons. The number of hydrogen-bond donors (Lipinski definition) is 0. The van der Waals surface area contributed by atoms with Crippen LogP contribution >= 0.6 is 0 Å². The van der Waals surface area contributed by atoms with Crippen molar-refractivity contribution >= 4 is 65.4 Å². The van der Waals surface area contributed by atoms with E-state index in [0.717, 1.165) is 77.0 Å². The molecular formula is C61H37N9. The van der Waals surface area contributed by atoms with Crippen LogP contribution < -0.4 is 0 Å². The average Bonchev–Trinajstić information content (AvgIpc) is 4.16. The van der Waals surface area contributed by atoms with Gasteiger partial charge in [0.15, 0.2) is 5.82 Å². The Bertz CT molecular complexity index is 4340. The fourth-order valence-electron chi connectivity index (χ4n) is 11.1. The predicted octanol–water partition coefficient (Wildman–Crippen LogP) is 13.8. The summed E-state index contributed by atoms with van der Waals surface area (Å²) in [6, 6.07) is 76.3. The summed E-state index contributed by atoms with van der Waals surface area (Å²) in [7, 11) is 0. The molecule has 0 bridgehead atoms. The zero-order valence-electron chi connectivity index (χ0n) is 37.4. The smallest absolute Gasteiger partial charge is 0.238 e. The lowest BCUT2D eigenvalue weighted by Crippen LogP contribution is -2.14. The highest BCUT2D eigenvalue weighted by Gasteiger charge is 2.33. The molecule has 9 nitrogen and oxygen atoms in total. The Balaban J connectivity index is 1.04. The van der Waals surface area contributed by atoms with E-state index in [1.165, 1.54) is 21.9 Å². The van der Waals surface area contributed by atoms with Crippen LogP contribution in [0.15, 0.2) is 218 Å². The van der Waals surface area contributed by atoms with Crippen molar-refractivity contribution in [1.29, 1.82) is 0 Å². The third kappa shape index (κ3) is 5.60. The van der Waals surface area contributed by atoms with Crippen LogP contribution in [0.2, 0.25) is 0 Å². The highest BCUT2D eigenvalue weighted by molar-refractivity contribution is 6.26. The van der Waals surface area contributed by atoms with E-state index in [4.69, 9.17) is 29.9 Å². The molecule has 1 aliphatic rings. The molecule has 5 heterocycles. The lowest BCUT2D eigenvalue weighted by atomic mass is 9.96. The van der Waals surface area contributed by atoms with Crippen molar-refractivity contribution < 1.29 is 0 Å². The van der Waals surface area contributed by atoms with E-state index in [9.17, 15) is 0 Å². The van der Waals surface area contributed by atoms with Crippen LogP contribution in [-0.4, -0.2) is 43.6 Å². The fourth-order valence-corrected chi connectivity index (χ4v) is 11.1. The third-order valence-corrected chi connectivity index (χ3v) is 14.1. The van der Waals surface area contributed by atoms with E-state index in [1.807, 2.05) is 30.3 Å². The minimum Gasteiger partial charge on any atom is -0.309 e. The quantitative estimate of drug-likeness (QED) is 0.165. The van der Waals surface area contributed by atoms with E-state index >= 15 is 0 Å². The summed E-state index contributed by atoms with van der Waals surface area (Å²) in [5.74, 6) is 2.45. The molecule has 0 amide bonds. The van der Waals surface area contributed by atoms with Crippen LogP contribution in [0, 0.1) is 0 Å². The second kappa shape index (κ2) is 15.0. The van der Waals surface area contributed by atoms with Crippen molar-refractivity contribution in [2.45, 2.75) is 5.92 Å². The first kappa shape index (κ1) is 38.5. The lowest BCUT2D eigenvalue weighted by Gasteiger charge is -2.16. The number of aromatic nitrogens is 9. The lowest BCUT2D eigenvalue weighted by molar-refractivity contribution is 0.814. The molecule has 0 fully saturated rings. The number of para-hydroxylation sites is 5. The third-order valence-electron chi connectivity index (χ3n) is 14.1. The number of benzene rings is 9. The Morgan fingerprint density at radius 1 is 0.300 bits per heavy atom. The Morgan fingerprint density at radius 2 is 0.757 bits per heavy atom. The summed E-state index contributed by atoms with van der Waals surface area (Å²) in [6.07, 6.45) is 0. The van der Waals surface area contributed by atoms with Gasteiger partial charge in [0.05, 0.1) is 39.0 Å². The van der Waals surface area contributed by atoms with Gasteiger partial charge in [-0.05, 0) is 64.7 Å². The number of nitrogens with zero attached hydrogens (tertiary/aromatic N) is 9. The summed E-state index contributed by atoms with van der Waals surface area (Å²) in [6.45, 7) is 0. The highest BCUT2D eigenvalue weighted by Crippen LogP contribution is 2.48. The second-order valence-electron chi connectivity index (χ2n) is 17.8. The molecule has 14 aromatic rings. The summed E-state index contributed by atoms with van der Waals surface area (Å²) in [4.78, 5) is 32.4. The normalized spacial score (nSPS) is 12.5. The Morgan fingerprint density at radius 3 is 1.40 bits per heavy atom. The molecule has 0 saturated carbocycles. The van der Waals surface area contributed by atoms with Gasteiger partial charge in [0.2, 0.25) is 23.5 Å². The van der Waals surface area contributed by atoms with Gasteiger partial charge >= 0.3 is 0 Å². The van der Waals surface area contributed by atoms with E-state index < -0.39 is 0 Å². The SMILES string of the molecule is c1ccc(-c2nc(-c3nc(C4c5ccccc5-c5ccccc54)nc(-n4c5ccccc5c5ccccc54)n3)nc(-n3c4ccccc4c4c3ccc3c5ccccc5n(-c5ccccc5)c34)n2)cc1. The Labute approximate surface area is 400 Å². The molecular weight excluding hydrogens is 859 g/mol. The molecule has 0 atom stereocenters. The van der Waals surface area contributed by atoms with Crippen LogP contribution in [0.3, 0.4) is 0 Å². The summed E-state index contributed by atoms with van der Waals surface area (Å²) in [5, 5.41) is 6.76. The monoisotopic (exact) mass is 895 g/mol. The predicted molar refractivity (Wildman–Crippen MR) is 280 cm³/mol. The van der Waals surface area contributed by atoms with Crippen LogP contribution in [0.25, 0.3) is 117 Å². The largest absolute Gasteiger partial charge is 0.309 e. The molecule has 0 aliphatic heterocycles. The van der Waals surface area contributed by atoms with Gasteiger partial charge in [0, 0.05) is 43.6 Å². The van der Waals surface area contributed by atoms with Gasteiger partial charge in [-0.3, -0.25) is 9.13 Å². The average molecular weight is 896 g/mol. The molecule has 0 spiro atoms. The van der Waals surface area contributed by atoms with Gasteiger partial charge in [-0.2, -0.15) is 19.9 Å². The van der Waals surface area contributed by atoms with Gasteiger partial charge < -0.3 is 4.57 Å². The van der Waals surface area contributed by atoms with Crippen molar-refractivity contribution in [3.05, 3.63) is 235 Å². The van der Waals surface area contributed by atoms with Crippen molar-refractivity contribution in [3.8, 4) is 51.7 Å². The number of hydrogen-bond acceptors (Lipinski definition) is 6. The fraction of sp³-hybridized carbons (Fsp3) is 0.0164. The van der Waals surface area contributed by atoms with Crippen LogP contribution in [-0.2, 0) is 0 Å². The Hall–Kier alpha value is -9.60. The molecule has 0 saturated heterocycles. The minimum absolute atomic E-state index is 0.271. The molecule has 9 heteroatoms. The Kier molecular flexibility index (Phi) is 8.22. The van der Waals surface area contributed by atoms with Crippen LogP contribution in [0.5, 0.6) is 0 Å². The molecule has 0 radical (unpaired) electrons. The topological polar surface area (TPSA) is 92.1 Å².